The lowest BCUT2D eigenvalue weighted by atomic mass is 10.1. The van der Waals surface area contributed by atoms with E-state index < -0.39 is 34.9 Å². The number of aryl methyl sites for hydroxylation is 1. The number of nitrogens with zero attached hydrogens (tertiary/aromatic N) is 1. The van der Waals surface area contributed by atoms with Gasteiger partial charge in [-0.05, 0) is 43.2 Å². The summed E-state index contributed by atoms with van der Waals surface area (Å²) < 4.78 is 64.7. The molecule has 0 spiro atoms. The highest BCUT2D eigenvalue weighted by molar-refractivity contribution is 7.87. The van der Waals surface area contributed by atoms with Crippen LogP contribution in [0.5, 0.6) is 5.75 Å². The van der Waals surface area contributed by atoms with Crippen LogP contribution in [-0.4, -0.2) is 25.3 Å². The smallest absolute Gasteiger partial charge is 0.382 e. The van der Waals surface area contributed by atoms with E-state index in [1.54, 1.807) is 18.3 Å². The van der Waals surface area contributed by atoms with Crippen molar-refractivity contribution in [3.8, 4) is 17.0 Å². The molecule has 0 atom stereocenters. The van der Waals surface area contributed by atoms with Crippen LogP contribution in [0.3, 0.4) is 0 Å². The summed E-state index contributed by atoms with van der Waals surface area (Å²) >= 11 is 0. The van der Waals surface area contributed by atoms with Crippen molar-refractivity contribution < 1.29 is 25.8 Å². The van der Waals surface area contributed by atoms with Gasteiger partial charge in [0.05, 0.1) is 11.4 Å². The van der Waals surface area contributed by atoms with Gasteiger partial charge in [0.25, 0.3) is 0 Å². The second-order valence-corrected chi connectivity index (χ2v) is 7.00. The van der Waals surface area contributed by atoms with Gasteiger partial charge in [0.2, 0.25) is 0 Å². The monoisotopic (exact) mass is 359 g/mol. The van der Waals surface area contributed by atoms with E-state index in [-0.39, 0.29) is 5.75 Å². The van der Waals surface area contributed by atoms with Crippen LogP contribution in [0.1, 0.15) is 18.4 Å². The summed E-state index contributed by atoms with van der Waals surface area (Å²) in [7, 11) is -4.08. The molecule has 0 bridgehead atoms. The molecule has 0 unspecified atom stereocenters. The fraction of sp³-hybridized carbons (Fsp3) is 0.312. The molecule has 0 N–H and O–H groups in total. The Labute approximate surface area is 138 Å². The predicted octanol–water partition coefficient (Wildman–Crippen LogP) is 4.11. The minimum absolute atomic E-state index is 0.0443. The summed E-state index contributed by atoms with van der Waals surface area (Å²) in [6.45, 7) is 1.90. The minimum atomic E-state index is -4.38. The molecule has 0 fully saturated rings. The Balaban J connectivity index is 2.09. The van der Waals surface area contributed by atoms with Crippen LogP contribution in [0.25, 0.3) is 11.3 Å². The summed E-state index contributed by atoms with van der Waals surface area (Å²) in [5, 5.41) is 0. The average molecular weight is 359 g/mol. The topological polar surface area (TPSA) is 56.3 Å². The lowest BCUT2D eigenvalue weighted by Crippen LogP contribution is -2.16. The molecule has 2 rings (SSSR count). The highest BCUT2D eigenvalue weighted by Crippen LogP contribution is 2.25. The second kappa shape index (κ2) is 7.21. The van der Waals surface area contributed by atoms with E-state index in [4.69, 9.17) is 4.18 Å². The summed E-state index contributed by atoms with van der Waals surface area (Å²) in [4.78, 5) is 4.19. The van der Waals surface area contributed by atoms with Crippen LogP contribution in [0.15, 0.2) is 42.6 Å². The Morgan fingerprint density at radius 2 is 1.92 bits per heavy atom. The average Bonchev–Trinajstić information content (AvgIpc) is 2.45. The van der Waals surface area contributed by atoms with Crippen LogP contribution in [-0.2, 0) is 10.1 Å². The molecule has 0 aliphatic heterocycles. The number of aromatic nitrogens is 1. The normalized spacial score (nSPS) is 12.2. The molecule has 130 valence electrons. The summed E-state index contributed by atoms with van der Waals surface area (Å²) in [6, 6.07) is 9.92. The molecule has 1 aromatic heterocycles. The molecule has 2 aromatic rings. The number of halogens is 3. The minimum Gasteiger partial charge on any atom is -0.382 e. The van der Waals surface area contributed by atoms with Crippen molar-refractivity contribution in [1.29, 1.82) is 0 Å². The molecule has 0 saturated heterocycles. The molecule has 24 heavy (non-hydrogen) atoms. The van der Waals surface area contributed by atoms with Crippen LogP contribution >= 0.6 is 0 Å². The van der Waals surface area contributed by atoms with Crippen LogP contribution < -0.4 is 4.18 Å². The predicted molar refractivity (Wildman–Crippen MR) is 84.1 cm³/mol. The number of hydrogen-bond donors (Lipinski definition) is 0. The van der Waals surface area contributed by atoms with Crippen molar-refractivity contribution in [2.75, 3.05) is 5.75 Å². The van der Waals surface area contributed by atoms with Gasteiger partial charge in [-0.3, -0.25) is 4.98 Å². The molecule has 0 amide bonds. The molecule has 1 heterocycles. The van der Waals surface area contributed by atoms with Gasteiger partial charge in [-0.25, -0.2) is 0 Å². The zero-order valence-electron chi connectivity index (χ0n) is 12.9. The van der Waals surface area contributed by atoms with Crippen LogP contribution in [0.2, 0.25) is 0 Å². The summed E-state index contributed by atoms with van der Waals surface area (Å²) in [6.07, 6.45) is -4.45. The van der Waals surface area contributed by atoms with E-state index in [1.165, 1.54) is 12.1 Å². The van der Waals surface area contributed by atoms with Gasteiger partial charge in [-0.15, -0.1) is 0 Å². The van der Waals surface area contributed by atoms with Crippen LogP contribution in [0, 0.1) is 6.92 Å². The zero-order chi connectivity index (χ0) is 17.8. The first-order valence-corrected chi connectivity index (χ1v) is 8.74. The third-order valence-corrected chi connectivity index (χ3v) is 4.36. The van der Waals surface area contributed by atoms with E-state index >= 15 is 0 Å². The largest absolute Gasteiger partial charge is 0.389 e. The summed E-state index contributed by atoms with van der Waals surface area (Å²) in [5.74, 6) is -0.651. The number of hydrogen-bond acceptors (Lipinski definition) is 4. The highest BCUT2D eigenvalue weighted by Gasteiger charge is 2.27. The number of pyridine rings is 1. The van der Waals surface area contributed by atoms with E-state index in [0.717, 1.165) is 5.56 Å². The molecule has 0 saturated carbocycles. The van der Waals surface area contributed by atoms with Gasteiger partial charge < -0.3 is 4.18 Å². The molecule has 1 aromatic carbocycles. The Bertz CT molecular complexity index is 804. The summed E-state index contributed by atoms with van der Waals surface area (Å²) in [5.41, 5.74) is 2.29. The number of benzene rings is 1. The maximum atomic E-state index is 12.1. The first-order chi connectivity index (χ1) is 11.1. The molecular weight excluding hydrogens is 343 g/mol. The molecule has 0 radical (unpaired) electrons. The maximum absolute atomic E-state index is 12.1. The first-order valence-electron chi connectivity index (χ1n) is 7.17. The third-order valence-electron chi connectivity index (χ3n) is 3.12. The quantitative estimate of drug-likeness (QED) is 0.729. The van der Waals surface area contributed by atoms with E-state index in [0.29, 0.717) is 11.3 Å². The fourth-order valence-electron chi connectivity index (χ4n) is 2.04. The number of rotatable bonds is 6. The fourth-order valence-corrected chi connectivity index (χ4v) is 3.02. The van der Waals surface area contributed by atoms with Gasteiger partial charge in [0.15, 0.2) is 0 Å². The lowest BCUT2D eigenvalue weighted by Gasteiger charge is -2.09. The van der Waals surface area contributed by atoms with E-state index in [2.05, 4.69) is 4.98 Å². The standard InChI is InChI=1S/C16H16F3NO3S/c1-12-6-8-20-15(10-12)13-4-2-5-14(11-13)23-24(21,22)9-3-7-16(17,18)19/h2,4-6,8,10-11H,3,7,9H2,1H3. The Hall–Kier alpha value is -2.09. The van der Waals surface area contributed by atoms with Crippen molar-refractivity contribution in [1.82, 2.24) is 4.98 Å². The van der Waals surface area contributed by atoms with Crippen molar-refractivity contribution in [3.63, 3.8) is 0 Å². The van der Waals surface area contributed by atoms with E-state index in [1.807, 2.05) is 19.1 Å². The Morgan fingerprint density at radius 1 is 1.17 bits per heavy atom. The van der Waals surface area contributed by atoms with Crippen molar-refractivity contribution in [2.45, 2.75) is 25.9 Å². The van der Waals surface area contributed by atoms with Gasteiger partial charge in [0, 0.05) is 18.2 Å². The molecule has 4 nitrogen and oxygen atoms in total. The lowest BCUT2D eigenvalue weighted by molar-refractivity contribution is -0.134. The first kappa shape index (κ1) is 18.3. The van der Waals surface area contributed by atoms with Crippen LogP contribution in [0.4, 0.5) is 13.2 Å². The molecular formula is C16H16F3NO3S. The number of alkyl halides is 3. The van der Waals surface area contributed by atoms with Crippen molar-refractivity contribution in [2.24, 2.45) is 0 Å². The molecule has 8 heteroatoms. The van der Waals surface area contributed by atoms with E-state index in [9.17, 15) is 21.6 Å². The van der Waals surface area contributed by atoms with Gasteiger partial charge in [0.1, 0.15) is 5.75 Å². The van der Waals surface area contributed by atoms with Gasteiger partial charge in [-0.2, -0.15) is 21.6 Å². The Kier molecular flexibility index (Phi) is 5.48. The third kappa shape index (κ3) is 5.84. The second-order valence-electron chi connectivity index (χ2n) is 5.31. The SMILES string of the molecule is Cc1ccnc(-c2cccc(OS(=O)(=O)CCCC(F)(F)F)c2)c1. The Morgan fingerprint density at radius 3 is 2.58 bits per heavy atom. The molecule has 0 aliphatic carbocycles. The van der Waals surface area contributed by atoms with Gasteiger partial charge >= 0.3 is 16.3 Å². The highest BCUT2D eigenvalue weighted by atomic mass is 32.2. The van der Waals surface area contributed by atoms with Crippen molar-refractivity contribution >= 4 is 10.1 Å². The van der Waals surface area contributed by atoms with Crippen molar-refractivity contribution in [3.05, 3.63) is 48.2 Å². The van der Waals surface area contributed by atoms with Gasteiger partial charge in [-0.1, -0.05) is 12.1 Å². The maximum Gasteiger partial charge on any atom is 0.389 e. The zero-order valence-corrected chi connectivity index (χ0v) is 13.7. The molecule has 0 aliphatic rings.